The number of carboxylic acid groups (broad SMARTS) is 1. The molecule has 0 radical (unpaired) electrons. The van der Waals surface area contributed by atoms with Crippen LogP contribution in [0.1, 0.15) is 17.3 Å². The van der Waals surface area contributed by atoms with Gasteiger partial charge in [-0.3, -0.25) is 0 Å². The van der Waals surface area contributed by atoms with Crippen LogP contribution in [0.25, 0.3) is 0 Å². The standard InChI is InChI=1S/C9H10O3S/c1-2-12-13-8-5-3-7(4-6-8)9(10)11/h3-6H,2H2,1H3,(H,10,11). The van der Waals surface area contributed by atoms with Gasteiger partial charge < -0.3 is 9.29 Å². The van der Waals surface area contributed by atoms with E-state index < -0.39 is 5.97 Å². The third kappa shape index (κ3) is 3.08. The molecule has 0 aromatic heterocycles. The number of rotatable bonds is 4. The van der Waals surface area contributed by atoms with Gasteiger partial charge in [0.1, 0.15) is 0 Å². The summed E-state index contributed by atoms with van der Waals surface area (Å²) in [5.74, 6) is -0.909. The van der Waals surface area contributed by atoms with E-state index in [4.69, 9.17) is 9.29 Å². The van der Waals surface area contributed by atoms with Gasteiger partial charge >= 0.3 is 5.97 Å². The monoisotopic (exact) mass is 198 g/mol. The highest BCUT2D eigenvalue weighted by atomic mass is 32.2. The van der Waals surface area contributed by atoms with Crippen molar-refractivity contribution in [3.63, 3.8) is 0 Å². The largest absolute Gasteiger partial charge is 0.478 e. The van der Waals surface area contributed by atoms with Crippen molar-refractivity contribution in [1.82, 2.24) is 0 Å². The molecule has 4 heteroatoms. The van der Waals surface area contributed by atoms with E-state index >= 15 is 0 Å². The van der Waals surface area contributed by atoms with Crippen LogP contribution in [0.2, 0.25) is 0 Å². The lowest BCUT2D eigenvalue weighted by atomic mass is 10.2. The highest BCUT2D eigenvalue weighted by Gasteiger charge is 2.01. The second-order valence-electron chi connectivity index (χ2n) is 2.32. The summed E-state index contributed by atoms with van der Waals surface area (Å²) in [6, 6.07) is 6.57. The zero-order valence-electron chi connectivity index (χ0n) is 7.19. The Balaban J connectivity index is 2.64. The van der Waals surface area contributed by atoms with Gasteiger partial charge in [0.25, 0.3) is 0 Å². The predicted octanol–water partition coefficient (Wildman–Crippen LogP) is 2.43. The molecule has 0 amide bonds. The molecule has 1 aromatic carbocycles. The van der Waals surface area contributed by atoms with Gasteiger partial charge in [-0.2, -0.15) is 0 Å². The van der Waals surface area contributed by atoms with E-state index in [2.05, 4.69) is 0 Å². The van der Waals surface area contributed by atoms with E-state index in [0.29, 0.717) is 12.2 Å². The van der Waals surface area contributed by atoms with Crippen molar-refractivity contribution in [2.24, 2.45) is 0 Å². The molecule has 70 valence electrons. The van der Waals surface area contributed by atoms with E-state index in [-0.39, 0.29) is 0 Å². The molecule has 0 aliphatic rings. The molecule has 13 heavy (non-hydrogen) atoms. The maximum Gasteiger partial charge on any atom is 0.335 e. The van der Waals surface area contributed by atoms with E-state index in [1.165, 1.54) is 12.0 Å². The molecular formula is C9H10O3S. The summed E-state index contributed by atoms with van der Waals surface area (Å²) in [7, 11) is 0. The summed E-state index contributed by atoms with van der Waals surface area (Å²) in [6.45, 7) is 2.53. The van der Waals surface area contributed by atoms with Crippen LogP contribution in [0.5, 0.6) is 0 Å². The van der Waals surface area contributed by atoms with Gasteiger partial charge in [0, 0.05) is 16.9 Å². The Labute approximate surface area is 80.9 Å². The second-order valence-corrected chi connectivity index (χ2v) is 3.19. The van der Waals surface area contributed by atoms with Crippen LogP contribution in [-0.4, -0.2) is 17.7 Å². The van der Waals surface area contributed by atoms with Crippen molar-refractivity contribution in [2.45, 2.75) is 11.8 Å². The Hall–Kier alpha value is -1.00. The molecule has 0 unspecified atom stereocenters. The Morgan fingerprint density at radius 3 is 2.54 bits per heavy atom. The van der Waals surface area contributed by atoms with Gasteiger partial charge in [-0.15, -0.1) is 0 Å². The molecule has 0 saturated heterocycles. The highest BCUT2D eigenvalue weighted by molar-refractivity contribution is 7.94. The molecular weight excluding hydrogens is 188 g/mol. The Morgan fingerprint density at radius 1 is 1.46 bits per heavy atom. The molecule has 0 heterocycles. The van der Waals surface area contributed by atoms with Crippen LogP contribution in [0, 0.1) is 0 Å². The van der Waals surface area contributed by atoms with E-state index in [0.717, 1.165) is 4.90 Å². The minimum atomic E-state index is -0.909. The van der Waals surface area contributed by atoms with Crippen molar-refractivity contribution in [3.05, 3.63) is 29.8 Å². The van der Waals surface area contributed by atoms with Crippen molar-refractivity contribution >= 4 is 18.0 Å². The number of hydrogen-bond donors (Lipinski definition) is 1. The van der Waals surface area contributed by atoms with Gasteiger partial charge in [0.15, 0.2) is 0 Å². The molecule has 0 bridgehead atoms. The Morgan fingerprint density at radius 2 is 2.08 bits per heavy atom. The fourth-order valence-corrected chi connectivity index (χ4v) is 1.28. The zero-order chi connectivity index (χ0) is 9.68. The quantitative estimate of drug-likeness (QED) is 0.755. The number of hydrogen-bond acceptors (Lipinski definition) is 3. The SMILES string of the molecule is CCOSc1ccc(C(=O)O)cc1. The second kappa shape index (κ2) is 4.89. The van der Waals surface area contributed by atoms with Crippen LogP contribution >= 0.6 is 12.0 Å². The average molecular weight is 198 g/mol. The lowest BCUT2D eigenvalue weighted by Crippen LogP contribution is -1.94. The summed E-state index contributed by atoms with van der Waals surface area (Å²) in [5.41, 5.74) is 0.292. The third-order valence-corrected chi connectivity index (χ3v) is 2.19. The molecule has 0 saturated carbocycles. The van der Waals surface area contributed by atoms with Crippen LogP contribution < -0.4 is 0 Å². The predicted molar refractivity (Wildman–Crippen MR) is 50.9 cm³/mol. The number of aromatic carboxylic acids is 1. The highest BCUT2D eigenvalue weighted by Crippen LogP contribution is 2.18. The fourth-order valence-electron chi connectivity index (χ4n) is 0.780. The molecule has 0 atom stereocenters. The first kappa shape index (κ1) is 10.1. The van der Waals surface area contributed by atoms with Crippen LogP contribution in [0.3, 0.4) is 0 Å². The smallest absolute Gasteiger partial charge is 0.335 e. The minimum Gasteiger partial charge on any atom is -0.478 e. The third-order valence-electron chi connectivity index (χ3n) is 1.37. The number of carboxylic acids is 1. The van der Waals surface area contributed by atoms with Gasteiger partial charge in [-0.05, 0) is 31.2 Å². The number of benzene rings is 1. The number of carbonyl (C=O) groups is 1. The zero-order valence-corrected chi connectivity index (χ0v) is 8.00. The molecule has 0 spiro atoms. The van der Waals surface area contributed by atoms with E-state index in [1.54, 1.807) is 24.3 Å². The van der Waals surface area contributed by atoms with Crippen molar-refractivity contribution < 1.29 is 14.1 Å². The molecule has 1 rings (SSSR count). The van der Waals surface area contributed by atoms with E-state index in [9.17, 15) is 4.79 Å². The molecule has 1 N–H and O–H groups in total. The van der Waals surface area contributed by atoms with Gasteiger partial charge in [-0.25, -0.2) is 4.79 Å². The normalized spacial score (nSPS) is 9.92. The van der Waals surface area contributed by atoms with Gasteiger partial charge in [-0.1, -0.05) is 0 Å². The Kier molecular flexibility index (Phi) is 3.79. The lowest BCUT2D eigenvalue weighted by molar-refractivity contribution is 0.0697. The first-order chi connectivity index (χ1) is 6.24. The maximum absolute atomic E-state index is 10.5. The summed E-state index contributed by atoms with van der Waals surface area (Å²) in [4.78, 5) is 11.4. The molecule has 0 aliphatic carbocycles. The summed E-state index contributed by atoms with van der Waals surface area (Å²) in [5, 5.41) is 8.61. The van der Waals surface area contributed by atoms with Crippen molar-refractivity contribution in [2.75, 3.05) is 6.61 Å². The van der Waals surface area contributed by atoms with Crippen molar-refractivity contribution in [3.8, 4) is 0 Å². The van der Waals surface area contributed by atoms with Gasteiger partial charge in [0.2, 0.25) is 0 Å². The lowest BCUT2D eigenvalue weighted by Gasteiger charge is -1.99. The summed E-state index contributed by atoms with van der Waals surface area (Å²) < 4.78 is 5.09. The van der Waals surface area contributed by atoms with Crippen LogP contribution in [0.15, 0.2) is 29.2 Å². The summed E-state index contributed by atoms with van der Waals surface area (Å²) in [6.07, 6.45) is 0. The summed E-state index contributed by atoms with van der Waals surface area (Å²) >= 11 is 1.25. The topological polar surface area (TPSA) is 46.5 Å². The first-order valence-electron chi connectivity index (χ1n) is 3.87. The first-order valence-corrected chi connectivity index (χ1v) is 4.61. The average Bonchev–Trinajstić information content (AvgIpc) is 2.15. The van der Waals surface area contributed by atoms with E-state index in [1.807, 2.05) is 6.92 Å². The molecule has 0 fully saturated rings. The van der Waals surface area contributed by atoms with Crippen molar-refractivity contribution in [1.29, 1.82) is 0 Å². The minimum absolute atomic E-state index is 0.292. The Bertz CT molecular complexity index is 281. The maximum atomic E-state index is 10.5. The van der Waals surface area contributed by atoms with Crippen LogP contribution in [-0.2, 0) is 4.18 Å². The molecule has 3 nitrogen and oxygen atoms in total. The fraction of sp³-hybridized carbons (Fsp3) is 0.222. The molecule has 1 aromatic rings. The van der Waals surface area contributed by atoms with Gasteiger partial charge in [0.05, 0.1) is 12.2 Å². The van der Waals surface area contributed by atoms with Crippen LogP contribution in [0.4, 0.5) is 0 Å². The molecule has 0 aliphatic heterocycles.